The maximum absolute atomic E-state index is 13.3. The van der Waals surface area contributed by atoms with Crippen molar-refractivity contribution in [2.75, 3.05) is 18.0 Å². The molecule has 8 heteroatoms. The molecule has 1 amide bonds. The van der Waals surface area contributed by atoms with Gasteiger partial charge >= 0.3 is 0 Å². The number of amides is 1. The van der Waals surface area contributed by atoms with Gasteiger partial charge in [-0.15, -0.1) is 0 Å². The molecule has 2 fully saturated rings. The number of carbonyl (C=O) groups excluding carboxylic acids is 1. The first kappa shape index (κ1) is 19.1. The molecule has 146 valence electrons. The third kappa shape index (κ3) is 3.35. The number of carbonyl (C=O) groups is 1. The molecule has 4 heterocycles. The molecule has 6 nitrogen and oxygen atoms in total. The summed E-state index contributed by atoms with van der Waals surface area (Å²) >= 11 is 6.62. The molecule has 0 spiro atoms. The second-order valence-electron chi connectivity index (χ2n) is 7.28. The van der Waals surface area contributed by atoms with Crippen molar-refractivity contribution >= 4 is 51.7 Å². The van der Waals surface area contributed by atoms with Gasteiger partial charge in [0.15, 0.2) is 0 Å². The number of aromatic nitrogens is 2. The highest BCUT2D eigenvalue weighted by atomic mass is 32.2. The van der Waals surface area contributed by atoms with Gasteiger partial charge in [-0.25, -0.2) is 4.98 Å². The number of nitrogens with zero attached hydrogens (tertiary/aromatic N) is 4. The van der Waals surface area contributed by atoms with E-state index in [-0.39, 0.29) is 17.5 Å². The lowest BCUT2D eigenvalue weighted by atomic mass is 10.1. The van der Waals surface area contributed by atoms with Crippen LogP contribution in [-0.4, -0.2) is 43.6 Å². The van der Waals surface area contributed by atoms with Crippen LogP contribution in [0.25, 0.3) is 11.7 Å². The third-order valence-corrected chi connectivity index (χ3v) is 6.35. The van der Waals surface area contributed by atoms with Crippen molar-refractivity contribution in [2.24, 2.45) is 0 Å². The summed E-state index contributed by atoms with van der Waals surface area (Å²) in [7, 11) is 0. The fourth-order valence-electron chi connectivity index (χ4n) is 3.62. The van der Waals surface area contributed by atoms with E-state index in [1.54, 1.807) is 23.2 Å². The summed E-state index contributed by atoms with van der Waals surface area (Å²) in [6, 6.07) is 5.49. The Morgan fingerprint density at radius 3 is 2.61 bits per heavy atom. The van der Waals surface area contributed by atoms with E-state index in [0.29, 0.717) is 26.3 Å². The Morgan fingerprint density at radius 2 is 1.93 bits per heavy atom. The summed E-state index contributed by atoms with van der Waals surface area (Å²) in [5.74, 6) is 0.512. The summed E-state index contributed by atoms with van der Waals surface area (Å²) in [5.41, 5.74) is 0.899. The van der Waals surface area contributed by atoms with Gasteiger partial charge in [0.25, 0.3) is 11.5 Å². The van der Waals surface area contributed by atoms with Crippen molar-refractivity contribution in [3.05, 3.63) is 45.2 Å². The van der Waals surface area contributed by atoms with E-state index in [4.69, 9.17) is 17.2 Å². The molecule has 0 saturated carbocycles. The lowest BCUT2D eigenvalue weighted by Crippen LogP contribution is -2.35. The molecule has 0 radical (unpaired) electrons. The molecule has 2 aliphatic heterocycles. The highest BCUT2D eigenvalue weighted by Gasteiger charge is 2.34. The van der Waals surface area contributed by atoms with Crippen molar-refractivity contribution < 1.29 is 4.79 Å². The van der Waals surface area contributed by atoms with E-state index in [1.807, 2.05) is 26.0 Å². The monoisotopic (exact) mass is 414 g/mol. The topological polar surface area (TPSA) is 57.9 Å². The van der Waals surface area contributed by atoms with Crippen LogP contribution in [0.4, 0.5) is 5.82 Å². The van der Waals surface area contributed by atoms with Crippen LogP contribution in [0.3, 0.4) is 0 Å². The number of thiocarbonyl (C=S) groups is 1. The Bertz CT molecular complexity index is 1040. The summed E-state index contributed by atoms with van der Waals surface area (Å²) < 4.78 is 2.06. The van der Waals surface area contributed by atoms with Crippen LogP contribution < -0.4 is 10.5 Å². The number of thioether (sulfide) groups is 1. The van der Waals surface area contributed by atoms with Crippen molar-refractivity contribution in [2.45, 2.75) is 39.2 Å². The number of anilines is 1. The largest absolute Gasteiger partial charge is 0.356 e. The van der Waals surface area contributed by atoms with Gasteiger partial charge in [-0.3, -0.25) is 18.9 Å². The zero-order valence-electron chi connectivity index (χ0n) is 15.9. The third-order valence-electron chi connectivity index (χ3n) is 5.02. The van der Waals surface area contributed by atoms with Crippen LogP contribution in [0.15, 0.2) is 34.1 Å². The van der Waals surface area contributed by atoms with E-state index in [1.165, 1.54) is 22.6 Å². The number of rotatable bonds is 3. The quantitative estimate of drug-likeness (QED) is 0.567. The second kappa shape index (κ2) is 7.67. The maximum Gasteiger partial charge on any atom is 0.267 e. The lowest BCUT2D eigenvalue weighted by molar-refractivity contribution is -0.123. The molecule has 0 atom stereocenters. The Balaban J connectivity index is 1.88. The highest BCUT2D eigenvalue weighted by Crippen LogP contribution is 2.34. The van der Waals surface area contributed by atoms with Gasteiger partial charge in [0, 0.05) is 25.3 Å². The molecular formula is C20H22N4O2S2. The first-order valence-electron chi connectivity index (χ1n) is 9.51. The van der Waals surface area contributed by atoms with Crippen LogP contribution in [0.1, 0.15) is 38.7 Å². The first-order valence-corrected chi connectivity index (χ1v) is 10.7. The zero-order valence-corrected chi connectivity index (χ0v) is 17.6. The van der Waals surface area contributed by atoms with Crippen LogP contribution in [-0.2, 0) is 4.79 Å². The maximum atomic E-state index is 13.3. The minimum Gasteiger partial charge on any atom is -0.356 e. The molecule has 0 N–H and O–H groups in total. The summed E-state index contributed by atoms with van der Waals surface area (Å²) in [4.78, 5) is 35.1. The molecule has 2 aromatic rings. The lowest BCUT2D eigenvalue weighted by Gasteiger charge is -2.29. The standard InChI is InChI=1S/C20H22N4O2S2/c1-13(2)24-19(26)15(28-20(24)27)12-14-17(22-9-5-3-6-10-22)21-16-8-4-7-11-23(16)18(14)25/h4,7-8,11-13H,3,5-6,9-10H2,1-2H3/b15-12+. The summed E-state index contributed by atoms with van der Waals surface area (Å²) in [5, 5.41) is 0. The number of pyridine rings is 1. The summed E-state index contributed by atoms with van der Waals surface area (Å²) in [6.45, 7) is 5.59. The van der Waals surface area contributed by atoms with Crippen LogP contribution in [0.5, 0.6) is 0 Å². The van der Waals surface area contributed by atoms with Gasteiger partial charge in [-0.1, -0.05) is 30.0 Å². The average Bonchev–Trinajstić information content (AvgIpc) is 2.98. The predicted octanol–water partition coefficient (Wildman–Crippen LogP) is 3.29. The molecule has 0 aromatic carbocycles. The predicted molar refractivity (Wildman–Crippen MR) is 118 cm³/mol. The van der Waals surface area contributed by atoms with Gasteiger partial charge in [0.2, 0.25) is 0 Å². The molecule has 28 heavy (non-hydrogen) atoms. The van der Waals surface area contributed by atoms with Gasteiger partial charge in [0.05, 0.1) is 10.5 Å². The Hall–Kier alpha value is -2.19. The molecule has 0 bridgehead atoms. The molecule has 4 rings (SSSR count). The average molecular weight is 415 g/mol. The Kier molecular flexibility index (Phi) is 5.25. The zero-order chi connectivity index (χ0) is 19.8. The van der Waals surface area contributed by atoms with E-state index < -0.39 is 0 Å². The van der Waals surface area contributed by atoms with E-state index in [0.717, 1.165) is 25.9 Å². The van der Waals surface area contributed by atoms with Gasteiger partial charge < -0.3 is 4.90 Å². The normalized spacial score (nSPS) is 19.5. The van der Waals surface area contributed by atoms with Gasteiger partial charge in [0.1, 0.15) is 15.8 Å². The number of hydrogen-bond donors (Lipinski definition) is 0. The van der Waals surface area contributed by atoms with E-state index >= 15 is 0 Å². The Labute approximate surface area is 173 Å². The SMILES string of the molecule is CC(C)N1C(=O)/C(=C\c2c(N3CCCCC3)nc3ccccn3c2=O)SC1=S. The Morgan fingerprint density at radius 1 is 1.18 bits per heavy atom. The van der Waals surface area contributed by atoms with Crippen LogP contribution >= 0.6 is 24.0 Å². The minimum absolute atomic E-state index is 0.0178. The van der Waals surface area contributed by atoms with Crippen LogP contribution in [0, 0.1) is 0 Å². The molecule has 0 unspecified atom stereocenters. The smallest absolute Gasteiger partial charge is 0.267 e. The number of piperidine rings is 1. The fraction of sp³-hybridized carbons (Fsp3) is 0.400. The van der Waals surface area contributed by atoms with Gasteiger partial charge in [-0.2, -0.15) is 0 Å². The van der Waals surface area contributed by atoms with Crippen molar-refractivity contribution in [3.63, 3.8) is 0 Å². The van der Waals surface area contributed by atoms with Gasteiger partial charge in [-0.05, 0) is 51.3 Å². The van der Waals surface area contributed by atoms with E-state index in [2.05, 4.69) is 4.90 Å². The van der Waals surface area contributed by atoms with E-state index in [9.17, 15) is 9.59 Å². The summed E-state index contributed by atoms with van der Waals surface area (Å²) in [6.07, 6.45) is 6.72. The number of fused-ring (bicyclic) bond motifs is 1. The molecule has 0 aliphatic carbocycles. The van der Waals surface area contributed by atoms with Crippen molar-refractivity contribution in [3.8, 4) is 0 Å². The second-order valence-corrected chi connectivity index (χ2v) is 8.95. The fourth-order valence-corrected chi connectivity index (χ4v) is 5.13. The highest BCUT2D eigenvalue weighted by molar-refractivity contribution is 8.26. The molecular weight excluding hydrogens is 392 g/mol. The van der Waals surface area contributed by atoms with Crippen molar-refractivity contribution in [1.82, 2.24) is 14.3 Å². The first-order chi connectivity index (χ1) is 13.5. The molecule has 2 aromatic heterocycles. The number of hydrogen-bond acceptors (Lipinski definition) is 6. The minimum atomic E-state index is -0.166. The molecule has 2 saturated heterocycles. The van der Waals surface area contributed by atoms with Crippen LogP contribution in [0.2, 0.25) is 0 Å². The van der Waals surface area contributed by atoms with Crippen molar-refractivity contribution in [1.29, 1.82) is 0 Å². The molecule has 2 aliphatic rings.